The summed E-state index contributed by atoms with van der Waals surface area (Å²) in [6.45, 7) is 1.27. The molecule has 4 nitrogen and oxygen atoms in total. The quantitative estimate of drug-likeness (QED) is 0.672. The summed E-state index contributed by atoms with van der Waals surface area (Å²) in [6.07, 6.45) is 3.96. The maximum atomic E-state index is 11.5. The molecule has 4 heteroatoms. The van der Waals surface area contributed by atoms with Gasteiger partial charge in [-0.3, -0.25) is 4.79 Å². The monoisotopic (exact) mass is 198 g/mol. The Morgan fingerprint density at radius 1 is 1.43 bits per heavy atom. The Morgan fingerprint density at radius 3 is 2.86 bits per heavy atom. The van der Waals surface area contributed by atoms with Crippen LogP contribution in [0.5, 0.6) is 0 Å². The van der Waals surface area contributed by atoms with Crippen molar-refractivity contribution in [3.8, 4) is 0 Å². The first-order chi connectivity index (χ1) is 6.75. The van der Waals surface area contributed by atoms with Crippen LogP contribution in [0.4, 0.5) is 0 Å². The SMILES string of the molecule is NC1COCCC1NC(=O)CC1CC1. The van der Waals surface area contributed by atoms with Gasteiger partial charge < -0.3 is 15.8 Å². The van der Waals surface area contributed by atoms with E-state index in [0.717, 1.165) is 6.42 Å². The van der Waals surface area contributed by atoms with Gasteiger partial charge in [-0.15, -0.1) is 0 Å². The molecule has 1 aliphatic carbocycles. The van der Waals surface area contributed by atoms with Gasteiger partial charge in [0.1, 0.15) is 0 Å². The van der Waals surface area contributed by atoms with Gasteiger partial charge >= 0.3 is 0 Å². The third-order valence-corrected chi connectivity index (χ3v) is 2.92. The zero-order valence-corrected chi connectivity index (χ0v) is 8.37. The normalized spacial score (nSPS) is 32.6. The number of hydrogen-bond acceptors (Lipinski definition) is 3. The predicted molar refractivity (Wildman–Crippen MR) is 52.7 cm³/mol. The minimum absolute atomic E-state index is 0.0353. The summed E-state index contributed by atoms with van der Waals surface area (Å²) in [5.74, 6) is 0.806. The second-order valence-corrected chi connectivity index (χ2v) is 4.35. The lowest BCUT2D eigenvalue weighted by atomic mass is 10.0. The molecule has 2 rings (SSSR count). The van der Waals surface area contributed by atoms with Gasteiger partial charge in [0.25, 0.3) is 0 Å². The Morgan fingerprint density at radius 2 is 2.21 bits per heavy atom. The van der Waals surface area contributed by atoms with Gasteiger partial charge in [0.2, 0.25) is 5.91 Å². The van der Waals surface area contributed by atoms with E-state index < -0.39 is 0 Å². The van der Waals surface area contributed by atoms with Gasteiger partial charge in [-0.2, -0.15) is 0 Å². The Balaban J connectivity index is 1.73. The summed E-state index contributed by atoms with van der Waals surface area (Å²) in [5.41, 5.74) is 5.83. The van der Waals surface area contributed by atoms with E-state index in [9.17, 15) is 4.79 Å². The van der Waals surface area contributed by atoms with Crippen LogP contribution in [-0.4, -0.2) is 31.2 Å². The van der Waals surface area contributed by atoms with Crippen LogP contribution in [-0.2, 0) is 9.53 Å². The molecule has 14 heavy (non-hydrogen) atoms. The molecule has 3 N–H and O–H groups in total. The van der Waals surface area contributed by atoms with Crippen molar-refractivity contribution in [1.29, 1.82) is 0 Å². The summed E-state index contributed by atoms with van der Waals surface area (Å²) in [4.78, 5) is 11.5. The van der Waals surface area contributed by atoms with Crippen LogP contribution in [0.1, 0.15) is 25.7 Å². The highest BCUT2D eigenvalue weighted by atomic mass is 16.5. The maximum Gasteiger partial charge on any atom is 0.220 e. The second-order valence-electron chi connectivity index (χ2n) is 4.35. The third kappa shape index (κ3) is 2.69. The number of rotatable bonds is 3. The van der Waals surface area contributed by atoms with Gasteiger partial charge in [-0.1, -0.05) is 0 Å². The molecule has 0 radical (unpaired) electrons. The van der Waals surface area contributed by atoms with Crippen molar-refractivity contribution in [2.45, 2.75) is 37.8 Å². The predicted octanol–water partition coefficient (Wildman–Crippen LogP) is 0.0189. The van der Waals surface area contributed by atoms with Crippen molar-refractivity contribution >= 4 is 5.91 Å². The molecule has 1 aliphatic heterocycles. The van der Waals surface area contributed by atoms with Crippen LogP contribution in [0.3, 0.4) is 0 Å². The second kappa shape index (κ2) is 4.28. The lowest BCUT2D eigenvalue weighted by Gasteiger charge is -2.29. The lowest BCUT2D eigenvalue weighted by molar-refractivity contribution is -0.122. The zero-order chi connectivity index (χ0) is 9.97. The van der Waals surface area contributed by atoms with Gasteiger partial charge in [-0.05, 0) is 25.2 Å². The van der Waals surface area contributed by atoms with E-state index in [1.807, 2.05) is 0 Å². The molecule has 0 aromatic rings. The maximum absolute atomic E-state index is 11.5. The summed E-state index contributed by atoms with van der Waals surface area (Å²) >= 11 is 0. The Hall–Kier alpha value is -0.610. The molecule has 2 aliphatic rings. The molecule has 1 amide bonds. The van der Waals surface area contributed by atoms with Crippen molar-refractivity contribution in [3.05, 3.63) is 0 Å². The van der Waals surface area contributed by atoms with Crippen molar-refractivity contribution in [2.24, 2.45) is 11.7 Å². The highest BCUT2D eigenvalue weighted by Gasteiger charge is 2.28. The average molecular weight is 198 g/mol. The van der Waals surface area contributed by atoms with E-state index in [-0.39, 0.29) is 18.0 Å². The summed E-state index contributed by atoms with van der Waals surface area (Å²) in [5, 5.41) is 3.00. The molecule has 0 spiro atoms. The fraction of sp³-hybridized carbons (Fsp3) is 0.900. The van der Waals surface area contributed by atoms with Crippen LogP contribution in [0.25, 0.3) is 0 Å². The number of carbonyl (C=O) groups excluding carboxylic acids is 1. The molecule has 0 bridgehead atoms. The number of carbonyl (C=O) groups is 1. The first-order valence-corrected chi connectivity index (χ1v) is 5.38. The molecular formula is C10H18N2O2. The van der Waals surface area contributed by atoms with Crippen molar-refractivity contribution in [1.82, 2.24) is 5.32 Å². The number of nitrogens with two attached hydrogens (primary N) is 1. The Bertz CT molecular complexity index is 216. The first kappa shape index (κ1) is 9.93. The van der Waals surface area contributed by atoms with Crippen LogP contribution >= 0.6 is 0 Å². The molecule has 2 fully saturated rings. The van der Waals surface area contributed by atoms with Crippen molar-refractivity contribution in [3.63, 3.8) is 0 Å². The average Bonchev–Trinajstić information content (AvgIpc) is 2.93. The molecule has 2 atom stereocenters. The van der Waals surface area contributed by atoms with E-state index >= 15 is 0 Å². The minimum Gasteiger partial charge on any atom is -0.380 e. The summed E-state index contributed by atoms with van der Waals surface area (Å²) in [7, 11) is 0. The van der Waals surface area contributed by atoms with Crippen LogP contribution in [0, 0.1) is 5.92 Å². The van der Waals surface area contributed by atoms with E-state index in [2.05, 4.69) is 5.32 Å². The first-order valence-electron chi connectivity index (χ1n) is 5.38. The van der Waals surface area contributed by atoms with Gasteiger partial charge in [0.15, 0.2) is 0 Å². The molecule has 1 heterocycles. The fourth-order valence-electron chi connectivity index (χ4n) is 1.79. The van der Waals surface area contributed by atoms with Crippen molar-refractivity contribution in [2.75, 3.05) is 13.2 Å². The number of nitrogens with one attached hydrogen (secondary N) is 1. The molecule has 1 saturated heterocycles. The van der Waals surface area contributed by atoms with E-state index in [4.69, 9.17) is 10.5 Å². The van der Waals surface area contributed by atoms with Gasteiger partial charge in [-0.25, -0.2) is 0 Å². The standard InChI is InChI=1S/C10H18N2O2/c11-8-6-14-4-3-9(8)12-10(13)5-7-1-2-7/h7-9H,1-6,11H2,(H,12,13). The highest BCUT2D eigenvalue weighted by molar-refractivity contribution is 5.76. The van der Waals surface area contributed by atoms with Crippen molar-refractivity contribution < 1.29 is 9.53 Å². The molecule has 0 aromatic carbocycles. The van der Waals surface area contributed by atoms with E-state index in [0.29, 0.717) is 25.6 Å². The lowest BCUT2D eigenvalue weighted by Crippen LogP contribution is -2.53. The largest absolute Gasteiger partial charge is 0.380 e. The molecular weight excluding hydrogens is 180 g/mol. The van der Waals surface area contributed by atoms with Gasteiger partial charge in [0, 0.05) is 25.1 Å². The molecule has 2 unspecified atom stereocenters. The summed E-state index contributed by atoms with van der Waals surface area (Å²) in [6, 6.07) is 0.0851. The van der Waals surface area contributed by atoms with Crippen LogP contribution < -0.4 is 11.1 Å². The van der Waals surface area contributed by atoms with Crippen LogP contribution in [0.2, 0.25) is 0 Å². The van der Waals surface area contributed by atoms with Gasteiger partial charge in [0.05, 0.1) is 6.61 Å². The number of ether oxygens (including phenoxy) is 1. The minimum atomic E-state index is -0.0353. The Labute approximate surface area is 84.2 Å². The molecule has 80 valence electrons. The van der Waals surface area contributed by atoms with Crippen LogP contribution in [0.15, 0.2) is 0 Å². The van der Waals surface area contributed by atoms with E-state index in [1.54, 1.807) is 0 Å². The highest BCUT2D eigenvalue weighted by Crippen LogP contribution is 2.32. The molecule has 1 saturated carbocycles. The third-order valence-electron chi connectivity index (χ3n) is 2.92. The molecule has 0 aromatic heterocycles. The van der Waals surface area contributed by atoms with E-state index in [1.165, 1.54) is 12.8 Å². The smallest absolute Gasteiger partial charge is 0.220 e. The topological polar surface area (TPSA) is 64.3 Å². The number of hydrogen-bond donors (Lipinski definition) is 2. The fourth-order valence-corrected chi connectivity index (χ4v) is 1.79. The summed E-state index contributed by atoms with van der Waals surface area (Å²) < 4.78 is 5.21. The zero-order valence-electron chi connectivity index (χ0n) is 8.37. The Kier molecular flexibility index (Phi) is 3.03. The number of amides is 1.